The van der Waals surface area contributed by atoms with Crippen LogP contribution in [-0.2, 0) is 4.79 Å². The normalized spacial score (nSPS) is 14.4. The number of anilines is 1. The highest BCUT2D eigenvalue weighted by Gasteiger charge is 2.33. The summed E-state index contributed by atoms with van der Waals surface area (Å²) in [6.07, 6.45) is 4.71. The zero-order valence-corrected chi connectivity index (χ0v) is 15.9. The van der Waals surface area contributed by atoms with E-state index in [1.54, 1.807) is 18.3 Å². The third-order valence-corrected chi connectivity index (χ3v) is 4.86. The van der Waals surface area contributed by atoms with E-state index in [0.29, 0.717) is 22.7 Å². The molecule has 1 aromatic carbocycles. The fraction of sp³-hybridized carbons (Fsp3) is 0.400. The van der Waals surface area contributed by atoms with E-state index in [2.05, 4.69) is 29.6 Å². The topological polar surface area (TPSA) is 113 Å². The number of benzene rings is 1. The lowest BCUT2D eigenvalue weighted by Crippen LogP contribution is -2.29. The van der Waals surface area contributed by atoms with Gasteiger partial charge < -0.3 is 15.7 Å². The maximum absolute atomic E-state index is 12.8. The van der Waals surface area contributed by atoms with E-state index in [1.807, 2.05) is 4.68 Å². The maximum Gasteiger partial charge on any atom is 0.322 e. The fourth-order valence-corrected chi connectivity index (χ4v) is 3.00. The summed E-state index contributed by atoms with van der Waals surface area (Å²) in [5.41, 5.74) is 2.46. The number of carbonyl (C=O) groups is 3. The van der Waals surface area contributed by atoms with Crippen molar-refractivity contribution in [1.29, 1.82) is 0 Å². The first kappa shape index (κ1) is 19.6. The number of aliphatic carboxylic acids is 1. The molecule has 3 N–H and O–H groups in total. The predicted molar refractivity (Wildman–Crippen MR) is 104 cm³/mol. The molecule has 1 aliphatic carbocycles. The number of hydrogen-bond acceptors (Lipinski definition) is 4. The fourth-order valence-electron chi connectivity index (χ4n) is 3.00. The summed E-state index contributed by atoms with van der Waals surface area (Å²) in [6.45, 7) is 3.74. The van der Waals surface area contributed by atoms with Crippen molar-refractivity contribution in [3.8, 4) is 0 Å². The first-order valence-electron chi connectivity index (χ1n) is 9.39. The quantitative estimate of drug-likeness (QED) is 0.648. The molecule has 1 unspecified atom stereocenters. The lowest BCUT2D eigenvalue weighted by Gasteiger charge is -2.14. The zero-order valence-electron chi connectivity index (χ0n) is 15.9. The van der Waals surface area contributed by atoms with Gasteiger partial charge in [-0.2, -0.15) is 5.10 Å². The van der Waals surface area contributed by atoms with Crippen molar-refractivity contribution < 1.29 is 19.5 Å². The van der Waals surface area contributed by atoms with Crippen LogP contribution < -0.4 is 10.6 Å². The molecule has 2 aromatic rings. The molecule has 0 aliphatic heterocycles. The van der Waals surface area contributed by atoms with Crippen LogP contribution in [0.3, 0.4) is 0 Å². The molecule has 0 saturated heterocycles. The Hall–Kier alpha value is -3.16. The number of carbonyl (C=O) groups excluding carboxylic acids is 2. The molecule has 1 aliphatic rings. The molecule has 0 bridgehead atoms. The monoisotopic (exact) mass is 384 g/mol. The number of aromatic nitrogens is 2. The molecule has 8 heteroatoms. The number of hydrogen-bond donors (Lipinski definition) is 3. The third-order valence-electron chi connectivity index (χ3n) is 4.86. The first-order valence-corrected chi connectivity index (χ1v) is 9.39. The summed E-state index contributed by atoms with van der Waals surface area (Å²) in [5.74, 6) is -1.43. The van der Waals surface area contributed by atoms with Gasteiger partial charge in [0.05, 0.1) is 17.5 Å². The molecule has 0 radical (unpaired) electrons. The van der Waals surface area contributed by atoms with Crippen LogP contribution in [0.2, 0.25) is 0 Å². The number of carboxylic acid groups (broad SMARTS) is 1. The summed E-state index contributed by atoms with van der Waals surface area (Å²) >= 11 is 0. The standard InChI is InChI=1S/C20H24N4O4/c1-3-12(2)24-18(13-4-5-13)16(10-22-24)20(28)23-15-8-6-14(7-9-15)19(27)21-11-17(25)26/h6-10,12-13H,3-5,11H2,1-2H3,(H,21,27)(H,23,28)(H,25,26). The highest BCUT2D eigenvalue weighted by atomic mass is 16.4. The second-order valence-electron chi connectivity index (χ2n) is 7.03. The van der Waals surface area contributed by atoms with Crippen molar-refractivity contribution in [3.63, 3.8) is 0 Å². The van der Waals surface area contributed by atoms with Gasteiger partial charge in [-0.25, -0.2) is 0 Å². The van der Waals surface area contributed by atoms with Crippen LogP contribution in [-0.4, -0.2) is 39.2 Å². The molecule has 28 heavy (non-hydrogen) atoms. The van der Waals surface area contributed by atoms with Crippen LogP contribution in [0.5, 0.6) is 0 Å². The Morgan fingerprint density at radius 3 is 2.46 bits per heavy atom. The molecule has 1 fully saturated rings. The molecule has 1 aromatic heterocycles. The average molecular weight is 384 g/mol. The molecule has 1 heterocycles. The maximum atomic E-state index is 12.8. The summed E-state index contributed by atoms with van der Waals surface area (Å²) in [7, 11) is 0. The Bertz CT molecular complexity index is 884. The van der Waals surface area contributed by atoms with E-state index in [1.165, 1.54) is 12.1 Å². The minimum atomic E-state index is -1.11. The van der Waals surface area contributed by atoms with Gasteiger partial charge in [0.2, 0.25) is 0 Å². The second-order valence-corrected chi connectivity index (χ2v) is 7.03. The van der Waals surface area contributed by atoms with E-state index < -0.39 is 18.4 Å². The van der Waals surface area contributed by atoms with Crippen molar-refractivity contribution in [2.24, 2.45) is 0 Å². The van der Waals surface area contributed by atoms with Crippen LogP contribution in [0.4, 0.5) is 5.69 Å². The Morgan fingerprint density at radius 1 is 1.21 bits per heavy atom. The number of amides is 2. The molecular formula is C20H24N4O4. The minimum absolute atomic E-state index is 0.223. The van der Waals surface area contributed by atoms with Crippen molar-refractivity contribution in [3.05, 3.63) is 47.3 Å². The predicted octanol–water partition coefficient (Wildman–Crippen LogP) is 2.80. The lowest BCUT2D eigenvalue weighted by molar-refractivity contribution is -0.135. The molecular weight excluding hydrogens is 360 g/mol. The van der Waals surface area contributed by atoms with Crippen LogP contribution in [0.1, 0.15) is 71.5 Å². The van der Waals surface area contributed by atoms with Crippen LogP contribution >= 0.6 is 0 Å². The largest absolute Gasteiger partial charge is 0.480 e. The van der Waals surface area contributed by atoms with Crippen LogP contribution in [0.25, 0.3) is 0 Å². The van der Waals surface area contributed by atoms with Crippen molar-refractivity contribution >= 4 is 23.5 Å². The second kappa shape index (κ2) is 8.24. The summed E-state index contributed by atoms with van der Waals surface area (Å²) in [6, 6.07) is 6.54. The molecule has 8 nitrogen and oxygen atoms in total. The minimum Gasteiger partial charge on any atom is -0.480 e. The van der Waals surface area contributed by atoms with Gasteiger partial charge in [0.25, 0.3) is 11.8 Å². The molecule has 3 rings (SSSR count). The van der Waals surface area contributed by atoms with Gasteiger partial charge in [-0.05, 0) is 50.5 Å². The SMILES string of the molecule is CCC(C)n1ncc(C(=O)Nc2ccc(C(=O)NCC(=O)O)cc2)c1C1CC1. The van der Waals surface area contributed by atoms with Gasteiger partial charge >= 0.3 is 5.97 Å². The van der Waals surface area contributed by atoms with Crippen LogP contribution in [0.15, 0.2) is 30.5 Å². The lowest BCUT2D eigenvalue weighted by atomic mass is 10.1. The number of carboxylic acids is 1. The highest BCUT2D eigenvalue weighted by molar-refractivity contribution is 6.05. The Kier molecular flexibility index (Phi) is 5.77. The number of nitrogens with zero attached hydrogens (tertiary/aromatic N) is 2. The van der Waals surface area contributed by atoms with E-state index in [4.69, 9.17) is 5.11 Å². The third kappa shape index (κ3) is 4.39. The molecule has 148 valence electrons. The van der Waals surface area contributed by atoms with Crippen molar-refractivity contribution in [2.45, 2.75) is 45.1 Å². The Balaban J connectivity index is 1.71. The smallest absolute Gasteiger partial charge is 0.322 e. The number of nitrogens with one attached hydrogen (secondary N) is 2. The zero-order chi connectivity index (χ0) is 20.3. The molecule has 2 amide bonds. The van der Waals surface area contributed by atoms with Crippen molar-refractivity contribution in [2.75, 3.05) is 11.9 Å². The van der Waals surface area contributed by atoms with Gasteiger partial charge in [0, 0.05) is 23.2 Å². The Morgan fingerprint density at radius 2 is 1.89 bits per heavy atom. The number of rotatable bonds is 8. The Labute approximate surface area is 162 Å². The van der Waals surface area contributed by atoms with Gasteiger partial charge in [-0.1, -0.05) is 6.92 Å². The average Bonchev–Trinajstić information content (AvgIpc) is 3.43. The van der Waals surface area contributed by atoms with Gasteiger partial charge in [0.1, 0.15) is 6.54 Å². The van der Waals surface area contributed by atoms with Gasteiger partial charge in [-0.15, -0.1) is 0 Å². The molecule has 1 saturated carbocycles. The summed E-state index contributed by atoms with van der Waals surface area (Å²) in [5, 5.41) is 18.2. The highest BCUT2D eigenvalue weighted by Crippen LogP contribution is 2.42. The van der Waals surface area contributed by atoms with E-state index in [0.717, 1.165) is 25.0 Å². The van der Waals surface area contributed by atoms with E-state index >= 15 is 0 Å². The van der Waals surface area contributed by atoms with Gasteiger partial charge in [0.15, 0.2) is 0 Å². The molecule has 0 spiro atoms. The van der Waals surface area contributed by atoms with Gasteiger partial charge in [-0.3, -0.25) is 19.1 Å². The van der Waals surface area contributed by atoms with Crippen molar-refractivity contribution in [1.82, 2.24) is 15.1 Å². The van der Waals surface area contributed by atoms with E-state index in [9.17, 15) is 14.4 Å². The van der Waals surface area contributed by atoms with E-state index in [-0.39, 0.29) is 11.9 Å². The molecule has 1 atom stereocenters. The van der Waals surface area contributed by atoms with Crippen LogP contribution in [0, 0.1) is 0 Å². The summed E-state index contributed by atoms with van der Waals surface area (Å²) < 4.78 is 1.96. The first-order chi connectivity index (χ1) is 13.4. The summed E-state index contributed by atoms with van der Waals surface area (Å²) in [4.78, 5) is 35.2.